The van der Waals surface area contributed by atoms with E-state index in [1.165, 1.54) is 11.0 Å². The Morgan fingerprint density at radius 2 is 2.08 bits per heavy atom. The maximum atomic E-state index is 13.9. The molecule has 0 spiro atoms. The van der Waals surface area contributed by atoms with Crippen molar-refractivity contribution in [3.63, 3.8) is 0 Å². The van der Waals surface area contributed by atoms with Crippen molar-refractivity contribution in [2.45, 2.75) is 50.0 Å². The minimum atomic E-state index is -0.822. The predicted octanol–water partition coefficient (Wildman–Crippen LogP) is 3.52. The van der Waals surface area contributed by atoms with Crippen molar-refractivity contribution in [1.29, 1.82) is 0 Å². The van der Waals surface area contributed by atoms with E-state index in [1.807, 2.05) is 12.1 Å². The Kier molecular flexibility index (Phi) is 9.55. The Hall–Kier alpha value is -3.47. The van der Waals surface area contributed by atoms with Crippen LogP contribution in [0.15, 0.2) is 48.7 Å². The number of hydrogen-bond acceptors (Lipinski definition) is 7. The number of aromatic nitrogens is 2. The second-order valence-electron chi connectivity index (χ2n) is 9.83. The molecule has 0 bridgehead atoms. The monoisotopic (exact) mass is 540 g/mol. The summed E-state index contributed by atoms with van der Waals surface area (Å²) in [5.41, 5.74) is 2.35. The molecule has 0 radical (unpaired) electrons. The molecule has 2 aromatic heterocycles. The third-order valence-corrected chi connectivity index (χ3v) is 6.90. The van der Waals surface area contributed by atoms with Gasteiger partial charge in [0.2, 0.25) is 11.8 Å². The Labute approximate surface area is 226 Å². The Bertz CT molecular complexity index is 1320. The first-order valence-corrected chi connectivity index (χ1v) is 12.9. The minimum Gasteiger partial charge on any atom is -0.481 e. The summed E-state index contributed by atoms with van der Waals surface area (Å²) < 4.78 is 38.9. The molecule has 1 amide bonds. The number of methoxy groups -OCH3 is 1. The molecule has 3 heterocycles. The second kappa shape index (κ2) is 13.1. The van der Waals surface area contributed by atoms with Crippen LogP contribution in [0.3, 0.4) is 0 Å². The zero-order valence-electron chi connectivity index (χ0n) is 22.3. The number of hydrogen-bond donors (Lipinski definition) is 2. The average Bonchev–Trinajstić information content (AvgIpc) is 2.93. The Morgan fingerprint density at radius 3 is 2.85 bits per heavy atom. The highest BCUT2D eigenvalue weighted by molar-refractivity contribution is 5.78. The highest BCUT2D eigenvalue weighted by Gasteiger charge is 2.36. The molecule has 1 aliphatic heterocycles. The van der Waals surface area contributed by atoms with Crippen LogP contribution in [-0.4, -0.2) is 78.0 Å². The van der Waals surface area contributed by atoms with Crippen molar-refractivity contribution < 1.29 is 28.2 Å². The first-order valence-electron chi connectivity index (χ1n) is 12.9. The lowest BCUT2D eigenvalue weighted by Gasteiger charge is -2.39. The number of amides is 1. The number of carbonyl (C=O) groups is 1. The summed E-state index contributed by atoms with van der Waals surface area (Å²) in [5.74, 6) is -0.636. The number of ether oxygens (including phenoxy) is 2. The normalized spacial score (nSPS) is 20.3. The molecular weight excluding hydrogens is 506 g/mol. The number of rotatable bonds is 10. The molecule has 208 valence electrons. The van der Waals surface area contributed by atoms with Gasteiger partial charge in [-0.3, -0.25) is 9.78 Å². The molecule has 1 aliphatic rings. The fraction of sp³-hybridized carbons (Fsp3) is 0.414. The maximum Gasteiger partial charge on any atom is 0.224 e. The van der Waals surface area contributed by atoms with Crippen LogP contribution in [0.25, 0.3) is 17.1 Å². The van der Waals surface area contributed by atoms with Crippen LogP contribution >= 0.6 is 0 Å². The second-order valence-corrected chi connectivity index (χ2v) is 9.83. The standard InChI is InChI=1S/C29H34F2N4O4/c1-35(2)28(37)17-26-22(32-13-4-5-18-15-20(30)6-7-21(18)31)8-10-25(39-26)24(36)16-19-12-14-33-23-9-11-27(38-3)34-29(19)23/h4-7,9,11-12,14-15,22,24-26,32,36H,8,10,13,16-17H2,1-3H3/b5-4+/t22-,24+,25+,26-/m1/s1. The Morgan fingerprint density at radius 1 is 1.26 bits per heavy atom. The molecule has 0 saturated carbocycles. The molecule has 4 rings (SSSR count). The van der Waals surface area contributed by atoms with Gasteiger partial charge in [0.25, 0.3) is 0 Å². The van der Waals surface area contributed by atoms with Gasteiger partial charge in [0.1, 0.15) is 11.6 Å². The topological polar surface area (TPSA) is 96.8 Å². The summed E-state index contributed by atoms with van der Waals surface area (Å²) in [5, 5.41) is 14.5. The molecule has 0 unspecified atom stereocenters. The third kappa shape index (κ3) is 7.35. The molecule has 2 N–H and O–H groups in total. The van der Waals surface area contributed by atoms with Gasteiger partial charge in [-0.05, 0) is 48.7 Å². The van der Waals surface area contributed by atoms with Gasteiger partial charge in [0.05, 0.1) is 42.9 Å². The number of fused-ring (bicyclic) bond motifs is 1. The molecule has 1 aromatic carbocycles. The van der Waals surface area contributed by atoms with E-state index in [1.54, 1.807) is 39.5 Å². The van der Waals surface area contributed by atoms with E-state index >= 15 is 0 Å². The lowest BCUT2D eigenvalue weighted by molar-refractivity contribution is -0.144. The first kappa shape index (κ1) is 28.5. The average molecular weight is 541 g/mol. The zero-order valence-corrected chi connectivity index (χ0v) is 22.3. The van der Waals surface area contributed by atoms with Gasteiger partial charge in [0, 0.05) is 50.9 Å². The number of halogens is 2. The van der Waals surface area contributed by atoms with E-state index in [4.69, 9.17) is 9.47 Å². The largest absolute Gasteiger partial charge is 0.481 e. The molecule has 0 aliphatic carbocycles. The number of aliphatic hydroxyl groups excluding tert-OH is 1. The quantitative estimate of drug-likeness (QED) is 0.406. The van der Waals surface area contributed by atoms with Gasteiger partial charge in [-0.2, -0.15) is 0 Å². The summed E-state index contributed by atoms with van der Waals surface area (Å²) >= 11 is 0. The number of benzene rings is 1. The number of pyridine rings is 2. The number of nitrogens with zero attached hydrogens (tertiary/aromatic N) is 3. The minimum absolute atomic E-state index is 0.0873. The van der Waals surface area contributed by atoms with Crippen LogP contribution in [0.2, 0.25) is 0 Å². The van der Waals surface area contributed by atoms with Gasteiger partial charge in [-0.15, -0.1) is 0 Å². The van der Waals surface area contributed by atoms with Crippen molar-refractivity contribution in [1.82, 2.24) is 20.2 Å². The summed E-state index contributed by atoms with van der Waals surface area (Å²) in [7, 11) is 4.92. The van der Waals surface area contributed by atoms with Crippen molar-refractivity contribution in [2.24, 2.45) is 0 Å². The summed E-state index contributed by atoms with van der Waals surface area (Å²) in [6.45, 7) is 0.375. The van der Waals surface area contributed by atoms with Crippen LogP contribution < -0.4 is 10.1 Å². The van der Waals surface area contributed by atoms with E-state index in [0.29, 0.717) is 42.7 Å². The van der Waals surface area contributed by atoms with Gasteiger partial charge < -0.3 is 24.8 Å². The van der Waals surface area contributed by atoms with Crippen LogP contribution in [0.1, 0.15) is 30.4 Å². The molecular formula is C29H34F2N4O4. The van der Waals surface area contributed by atoms with Crippen LogP contribution in [0.5, 0.6) is 5.88 Å². The summed E-state index contributed by atoms with van der Waals surface area (Å²) in [6.07, 6.45) is 4.83. The summed E-state index contributed by atoms with van der Waals surface area (Å²) in [6, 6.07) is 8.53. The van der Waals surface area contributed by atoms with E-state index in [0.717, 1.165) is 23.8 Å². The fourth-order valence-corrected chi connectivity index (χ4v) is 4.72. The van der Waals surface area contributed by atoms with E-state index < -0.39 is 29.9 Å². The molecule has 1 fully saturated rings. The molecule has 39 heavy (non-hydrogen) atoms. The van der Waals surface area contributed by atoms with Crippen molar-refractivity contribution >= 4 is 23.0 Å². The molecule has 4 atom stereocenters. The SMILES string of the molecule is COc1ccc2nccc(C[C@H](O)[C@@H]3CC[C@@H](NC/C=C/c4cc(F)ccc4F)[C@@H](CC(=O)N(C)C)O3)c2n1. The maximum absolute atomic E-state index is 13.9. The number of aliphatic hydroxyl groups is 1. The van der Waals surface area contributed by atoms with Crippen LogP contribution in [0, 0.1) is 11.6 Å². The molecule has 10 heteroatoms. The van der Waals surface area contributed by atoms with Gasteiger partial charge in [0.15, 0.2) is 0 Å². The number of carbonyl (C=O) groups excluding carboxylic acids is 1. The van der Waals surface area contributed by atoms with Crippen molar-refractivity contribution in [3.05, 3.63) is 71.4 Å². The van der Waals surface area contributed by atoms with Gasteiger partial charge in [-0.1, -0.05) is 12.2 Å². The smallest absolute Gasteiger partial charge is 0.224 e. The van der Waals surface area contributed by atoms with E-state index in [-0.39, 0.29) is 23.9 Å². The van der Waals surface area contributed by atoms with Crippen molar-refractivity contribution in [3.8, 4) is 5.88 Å². The van der Waals surface area contributed by atoms with Crippen LogP contribution in [-0.2, 0) is 16.0 Å². The van der Waals surface area contributed by atoms with Gasteiger partial charge in [-0.25, -0.2) is 13.8 Å². The third-order valence-electron chi connectivity index (χ3n) is 6.90. The lowest BCUT2D eigenvalue weighted by atomic mass is 9.91. The van der Waals surface area contributed by atoms with E-state index in [2.05, 4.69) is 15.3 Å². The first-order chi connectivity index (χ1) is 18.7. The highest BCUT2D eigenvalue weighted by Crippen LogP contribution is 2.27. The van der Waals surface area contributed by atoms with Crippen LogP contribution in [0.4, 0.5) is 8.78 Å². The Balaban J connectivity index is 1.43. The van der Waals surface area contributed by atoms with E-state index in [9.17, 15) is 18.7 Å². The molecule has 8 nitrogen and oxygen atoms in total. The highest BCUT2D eigenvalue weighted by atomic mass is 19.1. The lowest BCUT2D eigenvalue weighted by Crippen LogP contribution is -2.51. The van der Waals surface area contributed by atoms with Crippen molar-refractivity contribution in [2.75, 3.05) is 27.7 Å². The zero-order chi connectivity index (χ0) is 27.9. The van der Waals surface area contributed by atoms with Gasteiger partial charge >= 0.3 is 0 Å². The number of nitrogens with one attached hydrogen (secondary N) is 1. The predicted molar refractivity (Wildman–Crippen MR) is 144 cm³/mol. The molecule has 3 aromatic rings. The summed E-state index contributed by atoms with van der Waals surface area (Å²) in [4.78, 5) is 22.9. The molecule has 1 saturated heterocycles. The fourth-order valence-electron chi connectivity index (χ4n) is 4.72.